The summed E-state index contributed by atoms with van der Waals surface area (Å²) >= 11 is 0. The third kappa shape index (κ3) is 2.49. The molecule has 0 bridgehead atoms. The van der Waals surface area contributed by atoms with Crippen LogP contribution < -0.4 is 14.2 Å². The molecular weight excluding hydrogens is 254 g/mol. The van der Waals surface area contributed by atoms with E-state index < -0.39 is 10.0 Å². The fourth-order valence-electron chi connectivity index (χ4n) is 1.71. The van der Waals surface area contributed by atoms with Crippen molar-refractivity contribution in [3.05, 3.63) is 30.4 Å². The van der Waals surface area contributed by atoms with E-state index in [0.717, 1.165) is 0 Å². The van der Waals surface area contributed by atoms with Gasteiger partial charge in [-0.25, -0.2) is 13.1 Å². The van der Waals surface area contributed by atoms with E-state index in [1.165, 1.54) is 12.1 Å². The maximum Gasteiger partial charge on any atom is 0.241 e. The number of aryl methyl sites for hydroxylation is 1. The number of hydrogen-bond acceptors (Lipinski definition) is 4. The van der Waals surface area contributed by atoms with Crippen molar-refractivity contribution in [3.63, 3.8) is 0 Å². The molecule has 98 valence electrons. The van der Waals surface area contributed by atoms with Crippen LogP contribution in [-0.2, 0) is 10.0 Å². The molecule has 1 aromatic rings. The molecule has 0 spiro atoms. The zero-order valence-corrected chi connectivity index (χ0v) is 10.9. The van der Waals surface area contributed by atoms with Gasteiger partial charge in [-0.15, -0.1) is 6.58 Å². The first kappa shape index (κ1) is 12.9. The second-order valence-electron chi connectivity index (χ2n) is 3.90. The van der Waals surface area contributed by atoms with Crippen molar-refractivity contribution in [1.29, 1.82) is 0 Å². The molecule has 0 amide bonds. The standard InChI is InChI=1S/C12H15NO4S/c1-3-4-13-18(14,15)12-8-11-10(7-9(12)2)16-5-6-17-11/h3,7-8,13H,1,4-6H2,2H3. The first-order chi connectivity index (χ1) is 8.54. The quantitative estimate of drug-likeness (QED) is 0.835. The summed E-state index contributed by atoms with van der Waals surface area (Å²) in [6.07, 6.45) is 1.49. The Kier molecular flexibility index (Phi) is 3.58. The van der Waals surface area contributed by atoms with Gasteiger partial charge in [-0.05, 0) is 18.6 Å². The van der Waals surface area contributed by atoms with Crippen molar-refractivity contribution in [2.24, 2.45) is 0 Å². The average molecular weight is 269 g/mol. The normalized spacial score (nSPS) is 14.3. The molecule has 0 aliphatic carbocycles. The molecule has 0 saturated heterocycles. The number of hydrogen-bond donors (Lipinski definition) is 1. The van der Waals surface area contributed by atoms with Crippen LogP contribution >= 0.6 is 0 Å². The molecule has 1 aliphatic heterocycles. The van der Waals surface area contributed by atoms with Gasteiger partial charge in [0.2, 0.25) is 10.0 Å². The lowest BCUT2D eigenvalue weighted by Crippen LogP contribution is -2.25. The Bertz CT molecular complexity index is 566. The van der Waals surface area contributed by atoms with Crippen LogP contribution in [-0.4, -0.2) is 28.2 Å². The van der Waals surface area contributed by atoms with Gasteiger partial charge in [-0.1, -0.05) is 6.08 Å². The van der Waals surface area contributed by atoms with E-state index in [2.05, 4.69) is 11.3 Å². The molecule has 1 heterocycles. The number of rotatable bonds is 4. The lowest BCUT2D eigenvalue weighted by molar-refractivity contribution is 0.171. The fourth-order valence-corrected chi connectivity index (χ4v) is 2.95. The molecule has 0 saturated carbocycles. The maximum absolute atomic E-state index is 12.0. The Hall–Kier alpha value is -1.53. The predicted molar refractivity (Wildman–Crippen MR) is 67.6 cm³/mol. The number of nitrogens with one attached hydrogen (secondary N) is 1. The minimum absolute atomic E-state index is 0.191. The number of sulfonamides is 1. The van der Waals surface area contributed by atoms with Gasteiger partial charge in [0.1, 0.15) is 13.2 Å². The third-order valence-electron chi connectivity index (χ3n) is 2.55. The number of ether oxygens (including phenoxy) is 2. The highest BCUT2D eigenvalue weighted by atomic mass is 32.2. The van der Waals surface area contributed by atoms with Gasteiger partial charge in [-0.2, -0.15) is 0 Å². The Balaban J connectivity index is 2.42. The Morgan fingerprint density at radius 3 is 2.56 bits per heavy atom. The lowest BCUT2D eigenvalue weighted by atomic mass is 10.2. The zero-order chi connectivity index (χ0) is 13.2. The van der Waals surface area contributed by atoms with Crippen LogP contribution in [0.25, 0.3) is 0 Å². The van der Waals surface area contributed by atoms with Crippen molar-refractivity contribution in [3.8, 4) is 11.5 Å². The summed E-state index contributed by atoms with van der Waals surface area (Å²) < 4.78 is 37.3. The molecule has 1 aromatic carbocycles. The minimum Gasteiger partial charge on any atom is -0.486 e. The smallest absolute Gasteiger partial charge is 0.241 e. The predicted octanol–water partition coefficient (Wildman–Crippen LogP) is 1.23. The second kappa shape index (κ2) is 4.99. The first-order valence-corrected chi connectivity index (χ1v) is 7.04. The van der Waals surface area contributed by atoms with Crippen LogP contribution in [0.4, 0.5) is 0 Å². The topological polar surface area (TPSA) is 64.6 Å². The summed E-state index contributed by atoms with van der Waals surface area (Å²) in [4.78, 5) is 0.202. The zero-order valence-electron chi connectivity index (χ0n) is 10.1. The molecule has 0 aromatic heterocycles. The van der Waals surface area contributed by atoms with Crippen LogP contribution in [0.1, 0.15) is 5.56 Å². The molecule has 0 radical (unpaired) electrons. The molecule has 0 atom stereocenters. The van der Waals surface area contributed by atoms with Crippen LogP contribution in [0.15, 0.2) is 29.7 Å². The molecule has 0 fully saturated rings. The number of benzene rings is 1. The van der Waals surface area contributed by atoms with Crippen LogP contribution in [0.2, 0.25) is 0 Å². The monoisotopic (exact) mass is 269 g/mol. The fraction of sp³-hybridized carbons (Fsp3) is 0.333. The Labute approximate surface area is 106 Å². The summed E-state index contributed by atoms with van der Waals surface area (Å²) in [5.74, 6) is 1.05. The third-order valence-corrected chi connectivity index (χ3v) is 4.11. The molecule has 6 heteroatoms. The Morgan fingerprint density at radius 2 is 1.94 bits per heavy atom. The van der Waals surface area contributed by atoms with E-state index in [-0.39, 0.29) is 11.4 Å². The van der Waals surface area contributed by atoms with Crippen molar-refractivity contribution in [2.75, 3.05) is 19.8 Å². The molecular formula is C12H15NO4S. The van der Waals surface area contributed by atoms with Gasteiger partial charge >= 0.3 is 0 Å². The second-order valence-corrected chi connectivity index (χ2v) is 5.64. The van der Waals surface area contributed by atoms with Crippen molar-refractivity contribution < 1.29 is 17.9 Å². The van der Waals surface area contributed by atoms with Crippen LogP contribution in [0.5, 0.6) is 11.5 Å². The minimum atomic E-state index is -3.54. The molecule has 1 aliphatic rings. The maximum atomic E-state index is 12.0. The molecule has 1 N–H and O–H groups in total. The van der Waals surface area contributed by atoms with Gasteiger partial charge in [0, 0.05) is 12.6 Å². The lowest BCUT2D eigenvalue weighted by Gasteiger charge is -2.20. The molecule has 5 nitrogen and oxygen atoms in total. The summed E-state index contributed by atoms with van der Waals surface area (Å²) in [5, 5.41) is 0. The molecule has 18 heavy (non-hydrogen) atoms. The molecule has 2 rings (SSSR count). The largest absolute Gasteiger partial charge is 0.486 e. The van der Waals surface area contributed by atoms with Crippen LogP contribution in [0.3, 0.4) is 0 Å². The summed E-state index contributed by atoms with van der Waals surface area (Å²) in [7, 11) is -3.54. The van der Waals surface area contributed by atoms with E-state index in [1.54, 1.807) is 13.0 Å². The average Bonchev–Trinajstić information content (AvgIpc) is 2.35. The highest BCUT2D eigenvalue weighted by Gasteiger charge is 2.21. The highest BCUT2D eigenvalue weighted by Crippen LogP contribution is 2.34. The van der Waals surface area contributed by atoms with Crippen LogP contribution in [0, 0.1) is 6.92 Å². The van der Waals surface area contributed by atoms with Crippen molar-refractivity contribution in [2.45, 2.75) is 11.8 Å². The van der Waals surface area contributed by atoms with E-state index >= 15 is 0 Å². The van der Waals surface area contributed by atoms with Gasteiger partial charge < -0.3 is 9.47 Å². The first-order valence-electron chi connectivity index (χ1n) is 5.55. The summed E-state index contributed by atoms with van der Waals surface area (Å²) in [6, 6.07) is 3.17. The van der Waals surface area contributed by atoms with Gasteiger partial charge in [-0.3, -0.25) is 0 Å². The molecule has 0 unspecified atom stereocenters. The van der Waals surface area contributed by atoms with E-state index in [0.29, 0.717) is 30.3 Å². The Morgan fingerprint density at radius 1 is 1.33 bits per heavy atom. The van der Waals surface area contributed by atoms with E-state index in [1.807, 2.05) is 0 Å². The SMILES string of the molecule is C=CCNS(=O)(=O)c1cc2c(cc1C)OCCO2. The van der Waals surface area contributed by atoms with Gasteiger partial charge in [0.15, 0.2) is 11.5 Å². The number of fused-ring (bicyclic) bond motifs is 1. The summed E-state index contributed by atoms with van der Waals surface area (Å²) in [6.45, 7) is 6.30. The van der Waals surface area contributed by atoms with E-state index in [4.69, 9.17) is 9.47 Å². The van der Waals surface area contributed by atoms with Crippen molar-refractivity contribution in [1.82, 2.24) is 4.72 Å². The van der Waals surface area contributed by atoms with Gasteiger partial charge in [0.25, 0.3) is 0 Å². The summed E-state index contributed by atoms with van der Waals surface area (Å²) in [5.41, 5.74) is 0.621. The van der Waals surface area contributed by atoms with Crippen molar-refractivity contribution >= 4 is 10.0 Å². The highest BCUT2D eigenvalue weighted by molar-refractivity contribution is 7.89. The van der Waals surface area contributed by atoms with Gasteiger partial charge in [0.05, 0.1) is 4.90 Å². The van der Waals surface area contributed by atoms with E-state index in [9.17, 15) is 8.42 Å².